The van der Waals surface area contributed by atoms with Crippen LogP contribution in [-0.4, -0.2) is 25.3 Å². The first-order valence-corrected chi connectivity index (χ1v) is 8.93. The Kier molecular flexibility index (Phi) is 5.24. The first kappa shape index (κ1) is 16.7. The second-order valence-electron chi connectivity index (χ2n) is 5.23. The Morgan fingerprint density at radius 2 is 2.00 bits per heavy atom. The van der Waals surface area contributed by atoms with E-state index in [1.165, 1.54) is 10.4 Å². The summed E-state index contributed by atoms with van der Waals surface area (Å²) >= 11 is 5.79. The van der Waals surface area contributed by atoms with E-state index >= 15 is 0 Å². The minimum Gasteiger partial charge on any atom is -0.326 e. The van der Waals surface area contributed by atoms with Gasteiger partial charge in [-0.2, -0.15) is 4.31 Å². The molecular formula is C14H20ClFN2O2S. The molecule has 7 heteroatoms. The monoisotopic (exact) mass is 334 g/mol. The van der Waals surface area contributed by atoms with Crippen molar-refractivity contribution in [3.63, 3.8) is 0 Å². The third kappa shape index (κ3) is 3.23. The van der Waals surface area contributed by atoms with E-state index in [0.717, 1.165) is 31.7 Å². The van der Waals surface area contributed by atoms with E-state index < -0.39 is 15.8 Å². The molecule has 1 aliphatic carbocycles. The summed E-state index contributed by atoms with van der Waals surface area (Å²) in [6, 6.07) is 2.35. The number of rotatable bonds is 5. The zero-order valence-electron chi connectivity index (χ0n) is 12.0. The number of benzene rings is 1. The second-order valence-corrected chi connectivity index (χ2v) is 7.50. The lowest BCUT2D eigenvalue weighted by atomic mass is 10.2. The molecule has 0 unspecified atom stereocenters. The molecule has 0 radical (unpaired) electrons. The Bertz CT molecular complexity index is 616. The van der Waals surface area contributed by atoms with Crippen LogP contribution in [0.4, 0.5) is 4.39 Å². The van der Waals surface area contributed by atoms with Crippen LogP contribution in [0, 0.1) is 5.82 Å². The Morgan fingerprint density at radius 3 is 2.52 bits per heavy atom. The highest BCUT2D eigenvalue weighted by molar-refractivity contribution is 7.89. The Morgan fingerprint density at radius 1 is 1.38 bits per heavy atom. The maximum absolute atomic E-state index is 13.8. The highest BCUT2D eigenvalue weighted by Gasteiger charge is 2.32. The van der Waals surface area contributed by atoms with Gasteiger partial charge in [-0.05, 0) is 30.5 Å². The predicted octanol–water partition coefficient (Wildman–Crippen LogP) is 2.89. The summed E-state index contributed by atoms with van der Waals surface area (Å²) in [5.74, 6) is -0.749. The maximum Gasteiger partial charge on any atom is 0.243 e. The van der Waals surface area contributed by atoms with Crippen LogP contribution in [-0.2, 0) is 16.6 Å². The number of hydrogen-bond donors (Lipinski definition) is 1. The van der Waals surface area contributed by atoms with E-state index in [0.29, 0.717) is 12.1 Å². The summed E-state index contributed by atoms with van der Waals surface area (Å²) in [7, 11) is -3.73. The normalized spacial score (nSPS) is 16.8. The highest BCUT2D eigenvalue weighted by atomic mass is 35.5. The van der Waals surface area contributed by atoms with Gasteiger partial charge < -0.3 is 5.73 Å². The van der Waals surface area contributed by atoms with Crippen LogP contribution >= 0.6 is 11.6 Å². The standard InChI is InChI=1S/C14H20ClFN2O2S/c1-2-18(11-5-3-4-6-11)21(19,20)12-7-10(9-17)14(15)13(16)8-12/h7-8,11H,2-6,9,17H2,1H3. The van der Waals surface area contributed by atoms with Crippen molar-refractivity contribution in [3.05, 3.63) is 28.5 Å². The molecule has 2 N–H and O–H groups in total. The zero-order valence-corrected chi connectivity index (χ0v) is 13.6. The van der Waals surface area contributed by atoms with E-state index in [1.54, 1.807) is 6.92 Å². The van der Waals surface area contributed by atoms with Gasteiger partial charge in [0.15, 0.2) is 0 Å². The molecule has 0 aromatic heterocycles. The minimum absolute atomic E-state index is 0.0000609. The number of halogens is 2. The van der Waals surface area contributed by atoms with Crippen molar-refractivity contribution in [2.45, 2.75) is 50.1 Å². The smallest absolute Gasteiger partial charge is 0.243 e. The number of sulfonamides is 1. The summed E-state index contributed by atoms with van der Waals surface area (Å²) in [4.78, 5) is -0.0707. The first-order valence-electron chi connectivity index (χ1n) is 7.11. The molecule has 0 atom stereocenters. The van der Waals surface area contributed by atoms with Crippen molar-refractivity contribution in [2.75, 3.05) is 6.54 Å². The summed E-state index contributed by atoms with van der Waals surface area (Å²) in [6.45, 7) is 2.16. The van der Waals surface area contributed by atoms with Crippen molar-refractivity contribution >= 4 is 21.6 Å². The van der Waals surface area contributed by atoms with E-state index in [9.17, 15) is 12.8 Å². The average Bonchev–Trinajstić information content (AvgIpc) is 2.95. The molecule has 4 nitrogen and oxygen atoms in total. The molecule has 118 valence electrons. The molecule has 1 saturated carbocycles. The van der Waals surface area contributed by atoms with Crippen molar-refractivity contribution < 1.29 is 12.8 Å². The van der Waals surface area contributed by atoms with Crippen molar-refractivity contribution in [2.24, 2.45) is 5.73 Å². The quantitative estimate of drug-likeness (QED) is 0.900. The van der Waals surface area contributed by atoms with Crippen LogP contribution in [0.2, 0.25) is 5.02 Å². The lowest BCUT2D eigenvalue weighted by Crippen LogP contribution is -2.38. The van der Waals surface area contributed by atoms with Gasteiger partial charge in [0.1, 0.15) is 5.82 Å². The van der Waals surface area contributed by atoms with E-state index in [4.69, 9.17) is 17.3 Å². The van der Waals surface area contributed by atoms with Crippen LogP contribution in [0.15, 0.2) is 17.0 Å². The van der Waals surface area contributed by atoms with Gasteiger partial charge >= 0.3 is 0 Å². The predicted molar refractivity (Wildman–Crippen MR) is 81.1 cm³/mol. The fraction of sp³-hybridized carbons (Fsp3) is 0.571. The molecular weight excluding hydrogens is 315 g/mol. The highest BCUT2D eigenvalue weighted by Crippen LogP contribution is 2.31. The van der Waals surface area contributed by atoms with Crippen LogP contribution in [0.5, 0.6) is 0 Å². The fourth-order valence-electron chi connectivity index (χ4n) is 2.87. The van der Waals surface area contributed by atoms with Crippen molar-refractivity contribution in [3.8, 4) is 0 Å². The second kappa shape index (κ2) is 6.60. The van der Waals surface area contributed by atoms with Gasteiger partial charge in [-0.25, -0.2) is 12.8 Å². The van der Waals surface area contributed by atoms with Crippen molar-refractivity contribution in [1.82, 2.24) is 4.31 Å². The molecule has 1 aromatic carbocycles. The van der Waals surface area contributed by atoms with Gasteiger partial charge in [0.05, 0.1) is 9.92 Å². The summed E-state index contributed by atoms with van der Waals surface area (Å²) in [6.07, 6.45) is 3.76. The van der Waals surface area contributed by atoms with Gasteiger partial charge in [-0.1, -0.05) is 31.4 Å². The number of nitrogens with two attached hydrogens (primary N) is 1. The molecule has 0 spiro atoms. The first-order chi connectivity index (χ1) is 9.91. The van der Waals surface area contributed by atoms with Crippen LogP contribution in [0.1, 0.15) is 38.2 Å². The maximum atomic E-state index is 13.8. The SMILES string of the molecule is CCN(C1CCCC1)S(=O)(=O)c1cc(F)c(Cl)c(CN)c1. The third-order valence-electron chi connectivity index (χ3n) is 3.95. The van der Waals surface area contributed by atoms with Gasteiger partial charge in [0.25, 0.3) is 0 Å². The van der Waals surface area contributed by atoms with Crippen molar-refractivity contribution in [1.29, 1.82) is 0 Å². The van der Waals surface area contributed by atoms with Gasteiger partial charge in [0.2, 0.25) is 10.0 Å². The molecule has 0 saturated heterocycles. The largest absolute Gasteiger partial charge is 0.326 e. The van der Waals surface area contributed by atoms with E-state index in [1.807, 2.05) is 0 Å². The van der Waals surface area contributed by atoms with Crippen LogP contribution in [0.25, 0.3) is 0 Å². The molecule has 0 aliphatic heterocycles. The third-order valence-corrected chi connectivity index (χ3v) is 6.38. The number of hydrogen-bond acceptors (Lipinski definition) is 3. The Labute approximate surface area is 130 Å². The molecule has 1 aromatic rings. The summed E-state index contributed by atoms with van der Waals surface area (Å²) in [5, 5.41) is -0.111. The molecule has 0 amide bonds. The summed E-state index contributed by atoms with van der Waals surface area (Å²) < 4.78 is 40.8. The minimum atomic E-state index is -3.73. The van der Waals surface area contributed by atoms with Crippen LogP contribution in [0.3, 0.4) is 0 Å². The van der Waals surface area contributed by atoms with E-state index in [2.05, 4.69) is 0 Å². The lowest BCUT2D eigenvalue weighted by Gasteiger charge is -2.27. The van der Waals surface area contributed by atoms with Crippen LogP contribution < -0.4 is 5.73 Å². The molecule has 21 heavy (non-hydrogen) atoms. The zero-order chi connectivity index (χ0) is 15.6. The fourth-order valence-corrected chi connectivity index (χ4v) is 4.81. The average molecular weight is 335 g/mol. The summed E-state index contributed by atoms with van der Waals surface area (Å²) in [5.41, 5.74) is 5.81. The van der Waals surface area contributed by atoms with Gasteiger partial charge in [-0.15, -0.1) is 0 Å². The topological polar surface area (TPSA) is 63.4 Å². The molecule has 0 heterocycles. The molecule has 2 rings (SSSR count). The molecule has 0 bridgehead atoms. The van der Waals surface area contributed by atoms with Gasteiger partial charge in [-0.3, -0.25) is 0 Å². The van der Waals surface area contributed by atoms with E-state index in [-0.39, 0.29) is 22.5 Å². The Balaban J connectivity index is 2.44. The molecule has 1 aliphatic rings. The number of nitrogens with zero attached hydrogens (tertiary/aromatic N) is 1. The lowest BCUT2D eigenvalue weighted by molar-refractivity contribution is 0.335. The van der Waals surface area contributed by atoms with Gasteiger partial charge in [0, 0.05) is 19.1 Å². The Hall–Kier alpha value is -0.690. The molecule has 1 fully saturated rings.